The average molecular weight is 235 g/mol. The van der Waals surface area contributed by atoms with E-state index in [2.05, 4.69) is 5.32 Å². The Labute approximate surface area is 98.9 Å². The third-order valence-corrected chi connectivity index (χ3v) is 3.28. The standard InChI is InChI=1S/C12H13NO2S/c1-15-10-4-2-9(3-5-10)11(14)8-12-13-6-7-16-12/h2-5,8,13H,6-7H2,1H3/b12-8+. The van der Waals surface area contributed by atoms with Crippen molar-refractivity contribution in [2.45, 2.75) is 0 Å². The van der Waals surface area contributed by atoms with Crippen LogP contribution in [0.4, 0.5) is 0 Å². The van der Waals surface area contributed by atoms with Gasteiger partial charge in [0.05, 0.1) is 12.1 Å². The highest BCUT2D eigenvalue weighted by Crippen LogP contribution is 2.19. The van der Waals surface area contributed by atoms with Gasteiger partial charge in [-0.1, -0.05) is 0 Å². The highest BCUT2D eigenvalue weighted by atomic mass is 32.2. The quantitative estimate of drug-likeness (QED) is 0.643. The van der Waals surface area contributed by atoms with Crippen LogP contribution < -0.4 is 10.1 Å². The van der Waals surface area contributed by atoms with E-state index < -0.39 is 0 Å². The molecule has 0 radical (unpaired) electrons. The summed E-state index contributed by atoms with van der Waals surface area (Å²) in [7, 11) is 1.61. The average Bonchev–Trinajstić information content (AvgIpc) is 2.82. The summed E-state index contributed by atoms with van der Waals surface area (Å²) in [5.41, 5.74) is 0.683. The summed E-state index contributed by atoms with van der Waals surface area (Å²) in [5.74, 6) is 1.82. The Kier molecular flexibility index (Phi) is 3.51. The normalized spacial score (nSPS) is 17.2. The maximum Gasteiger partial charge on any atom is 0.188 e. The Morgan fingerprint density at radius 2 is 2.19 bits per heavy atom. The topological polar surface area (TPSA) is 38.3 Å². The van der Waals surface area contributed by atoms with Crippen molar-refractivity contribution in [1.29, 1.82) is 0 Å². The third kappa shape index (κ3) is 2.58. The van der Waals surface area contributed by atoms with Gasteiger partial charge < -0.3 is 10.1 Å². The van der Waals surface area contributed by atoms with Crippen molar-refractivity contribution in [3.63, 3.8) is 0 Å². The molecular weight excluding hydrogens is 222 g/mol. The smallest absolute Gasteiger partial charge is 0.188 e. The number of ether oxygens (including phenoxy) is 1. The molecule has 0 aliphatic carbocycles. The summed E-state index contributed by atoms with van der Waals surface area (Å²) in [5, 5.41) is 4.12. The van der Waals surface area contributed by atoms with Gasteiger partial charge in [-0.05, 0) is 24.3 Å². The minimum absolute atomic E-state index is 0.0274. The molecule has 84 valence electrons. The molecule has 0 unspecified atom stereocenters. The summed E-state index contributed by atoms with van der Waals surface area (Å²) in [6, 6.07) is 7.14. The van der Waals surface area contributed by atoms with E-state index in [1.165, 1.54) is 0 Å². The number of nitrogens with one attached hydrogen (secondary N) is 1. The van der Waals surface area contributed by atoms with Crippen molar-refractivity contribution in [3.8, 4) is 5.75 Å². The molecule has 0 amide bonds. The lowest BCUT2D eigenvalue weighted by Gasteiger charge is -2.01. The molecule has 0 bridgehead atoms. The molecule has 16 heavy (non-hydrogen) atoms. The van der Waals surface area contributed by atoms with Gasteiger partial charge in [0.1, 0.15) is 5.75 Å². The van der Waals surface area contributed by atoms with E-state index in [4.69, 9.17) is 4.74 Å². The molecule has 1 saturated heterocycles. The van der Waals surface area contributed by atoms with Gasteiger partial charge in [-0.25, -0.2) is 0 Å². The molecule has 1 N–H and O–H groups in total. The fourth-order valence-electron chi connectivity index (χ4n) is 1.44. The molecule has 1 aliphatic heterocycles. The van der Waals surface area contributed by atoms with Crippen LogP contribution in [-0.2, 0) is 0 Å². The first-order valence-electron chi connectivity index (χ1n) is 5.06. The molecule has 1 heterocycles. The number of rotatable bonds is 3. The summed E-state index contributed by atoms with van der Waals surface area (Å²) in [4.78, 5) is 11.8. The van der Waals surface area contributed by atoms with Crippen molar-refractivity contribution < 1.29 is 9.53 Å². The molecular formula is C12H13NO2S. The number of methoxy groups -OCH3 is 1. The van der Waals surface area contributed by atoms with Crippen molar-refractivity contribution in [3.05, 3.63) is 40.9 Å². The Bertz CT molecular complexity index is 404. The van der Waals surface area contributed by atoms with Gasteiger partial charge in [-0.3, -0.25) is 4.79 Å². The number of ketones is 1. The lowest BCUT2D eigenvalue weighted by Crippen LogP contribution is -2.06. The van der Waals surface area contributed by atoms with E-state index in [1.54, 1.807) is 49.2 Å². The van der Waals surface area contributed by atoms with Gasteiger partial charge in [0.15, 0.2) is 5.78 Å². The molecule has 3 nitrogen and oxygen atoms in total. The van der Waals surface area contributed by atoms with Gasteiger partial charge in [-0.15, -0.1) is 11.8 Å². The van der Waals surface area contributed by atoms with Gasteiger partial charge in [0, 0.05) is 23.9 Å². The molecule has 0 saturated carbocycles. The first-order chi connectivity index (χ1) is 7.79. The second-order valence-electron chi connectivity index (χ2n) is 3.38. The summed E-state index contributed by atoms with van der Waals surface area (Å²) in [6.45, 7) is 0.937. The summed E-state index contributed by atoms with van der Waals surface area (Å²) in [6.07, 6.45) is 1.65. The lowest BCUT2D eigenvalue weighted by molar-refractivity contribution is 0.104. The highest BCUT2D eigenvalue weighted by molar-refractivity contribution is 8.03. The molecule has 1 aliphatic rings. The fraction of sp³-hybridized carbons (Fsp3) is 0.250. The maximum absolute atomic E-state index is 11.8. The van der Waals surface area contributed by atoms with Crippen LogP contribution in [0, 0.1) is 0 Å². The predicted molar refractivity (Wildman–Crippen MR) is 65.9 cm³/mol. The number of allylic oxidation sites excluding steroid dienone is 1. The SMILES string of the molecule is COc1ccc(C(=O)/C=C2\NCCS2)cc1. The van der Waals surface area contributed by atoms with Gasteiger partial charge >= 0.3 is 0 Å². The second-order valence-corrected chi connectivity index (χ2v) is 4.51. The van der Waals surface area contributed by atoms with E-state index in [0.29, 0.717) is 5.56 Å². The van der Waals surface area contributed by atoms with Crippen LogP contribution in [0.15, 0.2) is 35.4 Å². The van der Waals surface area contributed by atoms with E-state index in [9.17, 15) is 4.79 Å². The number of thioether (sulfide) groups is 1. The lowest BCUT2D eigenvalue weighted by atomic mass is 10.1. The Morgan fingerprint density at radius 3 is 2.75 bits per heavy atom. The molecule has 0 spiro atoms. The van der Waals surface area contributed by atoms with Crippen LogP contribution in [-0.4, -0.2) is 25.2 Å². The van der Waals surface area contributed by atoms with Crippen molar-refractivity contribution in [2.24, 2.45) is 0 Å². The molecule has 1 aromatic rings. The molecule has 1 fully saturated rings. The van der Waals surface area contributed by atoms with E-state index in [1.807, 2.05) is 0 Å². The number of benzene rings is 1. The zero-order valence-corrected chi connectivity index (χ0v) is 9.84. The number of hydrogen-bond acceptors (Lipinski definition) is 4. The second kappa shape index (κ2) is 5.07. The summed E-state index contributed by atoms with van der Waals surface area (Å²) >= 11 is 1.68. The highest BCUT2D eigenvalue weighted by Gasteiger charge is 2.09. The monoisotopic (exact) mass is 235 g/mol. The fourth-order valence-corrected chi connectivity index (χ4v) is 2.26. The number of hydrogen-bond donors (Lipinski definition) is 1. The Balaban J connectivity index is 2.11. The Hall–Kier alpha value is -1.42. The molecule has 0 atom stereocenters. The minimum atomic E-state index is 0.0274. The number of carbonyl (C=O) groups is 1. The molecule has 4 heteroatoms. The molecule has 2 rings (SSSR count). The van der Waals surface area contributed by atoms with Crippen LogP contribution in [0.5, 0.6) is 5.75 Å². The van der Waals surface area contributed by atoms with E-state index in [0.717, 1.165) is 23.1 Å². The van der Waals surface area contributed by atoms with Gasteiger partial charge in [0.2, 0.25) is 0 Å². The van der Waals surface area contributed by atoms with Gasteiger partial charge in [0.25, 0.3) is 0 Å². The maximum atomic E-state index is 11.8. The Morgan fingerprint density at radius 1 is 1.44 bits per heavy atom. The zero-order chi connectivity index (χ0) is 11.4. The van der Waals surface area contributed by atoms with E-state index >= 15 is 0 Å². The van der Waals surface area contributed by atoms with Crippen molar-refractivity contribution in [2.75, 3.05) is 19.4 Å². The van der Waals surface area contributed by atoms with Crippen LogP contribution in [0.1, 0.15) is 10.4 Å². The van der Waals surface area contributed by atoms with Gasteiger partial charge in [-0.2, -0.15) is 0 Å². The number of carbonyl (C=O) groups excluding carboxylic acids is 1. The first kappa shape index (κ1) is 11.1. The third-order valence-electron chi connectivity index (χ3n) is 2.30. The molecule has 0 aromatic heterocycles. The minimum Gasteiger partial charge on any atom is -0.497 e. The first-order valence-corrected chi connectivity index (χ1v) is 6.05. The summed E-state index contributed by atoms with van der Waals surface area (Å²) < 4.78 is 5.04. The predicted octanol–water partition coefficient (Wildman–Crippen LogP) is 2.06. The van der Waals surface area contributed by atoms with Crippen molar-refractivity contribution in [1.82, 2.24) is 5.32 Å². The van der Waals surface area contributed by atoms with E-state index in [-0.39, 0.29) is 5.78 Å². The van der Waals surface area contributed by atoms with Crippen LogP contribution >= 0.6 is 11.8 Å². The largest absolute Gasteiger partial charge is 0.497 e. The zero-order valence-electron chi connectivity index (χ0n) is 9.03. The van der Waals surface area contributed by atoms with Crippen LogP contribution in [0.2, 0.25) is 0 Å². The molecule has 1 aromatic carbocycles. The van der Waals surface area contributed by atoms with Crippen LogP contribution in [0.25, 0.3) is 0 Å². The van der Waals surface area contributed by atoms with Crippen LogP contribution in [0.3, 0.4) is 0 Å². The van der Waals surface area contributed by atoms with Crippen molar-refractivity contribution >= 4 is 17.5 Å².